The molecule has 0 aliphatic carbocycles. The Bertz CT molecular complexity index is 511. The molecule has 0 radical (unpaired) electrons. The third-order valence-electron chi connectivity index (χ3n) is 3.37. The molecule has 0 aromatic heterocycles. The van der Waals surface area contributed by atoms with E-state index in [4.69, 9.17) is 5.11 Å². The molecule has 0 bridgehead atoms. The van der Waals surface area contributed by atoms with Crippen molar-refractivity contribution in [2.24, 2.45) is 0 Å². The van der Waals surface area contributed by atoms with E-state index in [0.29, 0.717) is 13.1 Å². The topological polar surface area (TPSA) is 69.6 Å². The van der Waals surface area contributed by atoms with Gasteiger partial charge in [-0.2, -0.15) is 0 Å². The Morgan fingerprint density at radius 3 is 2.53 bits per heavy atom. The molecule has 0 atom stereocenters. The number of nitrogens with one attached hydrogen (secondary N) is 1. The van der Waals surface area contributed by atoms with E-state index in [1.165, 1.54) is 5.56 Å². The summed E-state index contributed by atoms with van der Waals surface area (Å²) in [4.78, 5) is 24.8. The van der Waals surface area contributed by atoms with Crippen molar-refractivity contribution in [2.45, 2.75) is 32.4 Å². The zero-order chi connectivity index (χ0) is 14.0. The zero-order valence-electron chi connectivity index (χ0n) is 11.1. The van der Waals surface area contributed by atoms with Crippen molar-refractivity contribution in [1.29, 1.82) is 0 Å². The largest absolute Gasteiger partial charge is 0.465 e. The van der Waals surface area contributed by atoms with Gasteiger partial charge in [-0.3, -0.25) is 4.79 Å². The Kier molecular flexibility index (Phi) is 3.46. The van der Waals surface area contributed by atoms with Crippen LogP contribution in [0, 0.1) is 0 Å². The predicted octanol–water partition coefficient (Wildman–Crippen LogP) is 1.62. The van der Waals surface area contributed by atoms with Crippen LogP contribution in [0.3, 0.4) is 0 Å². The lowest BCUT2D eigenvalue weighted by Crippen LogP contribution is -2.56. The standard InChI is InChI=1S/C14H18N2O3/c1-14(2,15-13(18)19)12(17)16-8-7-10-5-3-4-6-11(10)9-16/h3-6,15H,7-9H2,1-2H3,(H,18,19). The molecule has 5 heteroatoms. The molecule has 2 amide bonds. The van der Waals surface area contributed by atoms with Gasteiger partial charge in [-0.05, 0) is 31.4 Å². The average Bonchev–Trinajstić information content (AvgIpc) is 2.35. The summed E-state index contributed by atoms with van der Waals surface area (Å²) in [5.74, 6) is -0.190. The van der Waals surface area contributed by atoms with Gasteiger partial charge in [0, 0.05) is 13.1 Å². The number of rotatable bonds is 2. The fourth-order valence-corrected chi connectivity index (χ4v) is 2.39. The van der Waals surface area contributed by atoms with E-state index >= 15 is 0 Å². The third kappa shape index (κ3) is 2.86. The van der Waals surface area contributed by atoms with E-state index in [1.807, 2.05) is 18.2 Å². The molecule has 1 heterocycles. The molecule has 5 nitrogen and oxygen atoms in total. The molecule has 1 aliphatic rings. The first kappa shape index (κ1) is 13.4. The highest BCUT2D eigenvalue weighted by Gasteiger charge is 2.34. The summed E-state index contributed by atoms with van der Waals surface area (Å²) in [6, 6.07) is 8.02. The number of carbonyl (C=O) groups excluding carboxylic acids is 1. The van der Waals surface area contributed by atoms with Crippen molar-refractivity contribution in [3.05, 3.63) is 35.4 Å². The van der Waals surface area contributed by atoms with Crippen molar-refractivity contribution in [3.8, 4) is 0 Å². The Labute approximate surface area is 112 Å². The number of hydrogen-bond acceptors (Lipinski definition) is 2. The second-order valence-corrected chi connectivity index (χ2v) is 5.30. The maximum Gasteiger partial charge on any atom is 0.405 e. The van der Waals surface area contributed by atoms with Gasteiger partial charge in [-0.15, -0.1) is 0 Å². The quantitative estimate of drug-likeness (QED) is 0.851. The number of amides is 2. The van der Waals surface area contributed by atoms with Crippen LogP contribution in [0.2, 0.25) is 0 Å². The highest BCUT2D eigenvalue weighted by Crippen LogP contribution is 2.21. The first-order valence-corrected chi connectivity index (χ1v) is 6.27. The summed E-state index contributed by atoms with van der Waals surface area (Å²) in [7, 11) is 0. The molecule has 102 valence electrons. The molecule has 1 aliphatic heterocycles. The minimum atomic E-state index is -1.18. The van der Waals surface area contributed by atoms with E-state index in [0.717, 1.165) is 12.0 Å². The number of benzene rings is 1. The van der Waals surface area contributed by atoms with Gasteiger partial charge in [0.2, 0.25) is 5.91 Å². The Morgan fingerprint density at radius 2 is 1.89 bits per heavy atom. The summed E-state index contributed by atoms with van der Waals surface area (Å²) in [6.07, 6.45) is -0.374. The summed E-state index contributed by atoms with van der Waals surface area (Å²) in [6.45, 7) is 4.34. The van der Waals surface area contributed by atoms with Gasteiger partial charge in [-0.1, -0.05) is 24.3 Å². The summed E-state index contributed by atoms with van der Waals surface area (Å²) < 4.78 is 0. The smallest absolute Gasteiger partial charge is 0.405 e. The molecule has 0 unspecified atom stereocenters. The minimum absolute atomic E-state index is 0.190. The van der Waals surface area contributed by atoms with Crippen LogP contribution in [0.4, 0.5) is 4.79 Å². The van der Waals surface area contributed by atoms with Gasteiger partial charge >= 0.3 is 6.09 Å². The molecule has 0 fully saturated rings. The van der Waals surface area contributed by atoms with Crippen LogP contribution in [0.25, 0.3) is 0 Å². The van der Waals surface area contributed by atoms with E-state index in [9.17, 15) is 9.59 Å². The highest BCUT2D eigenvalue weighted by atomic mass is 16.4. The first-order chi connectivity index (χ1) is 8.90. The van der Waals surface area contributed by atoms with E-state index < -0.39 is 11.6 Å². The molecule has 19 heavy (non-hydrogen) atoms. The molecular formula is C14H18N2O3. The van der Waals surface area contributed by atoms with Gasteiger partial charge in [-0.25, -0.2) is 4.79 Å². The van der Waals surface area contributed by atoms with Crippen LogP contribution in [-0.4, -0.2) is 34.1 Å². The fraction of sp³-hybridized carbons (Fsp3) is 0.429. The fourth-order valence-electron chi connectivity index (χ4n) is 2.39. The van der Waals surface area contributed by atoms with Crippen LogP contribution in [0.1, 0.15) is 25.0 Å². The summed E-state index contributed by atoms with van der Waals surface area (Å²) >= 11 is 0. The van der Waals surface area contributed by atoms with Gasteiger partial charge in [0.05, 0.1) is 0 Å². The maximum absolute atomic E-state index is 12.4. The molecular weight excluding hydrogens is 244 g/mol. The average molecular weight is 262 g/mol. The van der Waals surface area contributed by atoms with Crippen LogP contribution in [-0.2, 0) is 17.8 Å². The van der Waals surface area contributed by atoms with Gasteiger partial charge in [0.25, 0.3) is 0 Å². The van der Waals surface area contributed by atoms with Crippen molar-refractivity contribution in [3.63, 3.8) is 0 Å². The summed E-state index contributed by atoms with van der Waals surface area (Å²) in [5, 5.41) is 11.0. The third-order valence-corrected chi connectivity index (χ3v) is 3.37. The molecule has 0 saturated carbocycles. The second-order valence-electron chi connectivity index (χ2n) is 5.30. The number of carboxylic acid groups (broad SMARTS) is 1. The molecule has 2 N–H and O–H groups in total. The molecule has 0 spiro atoms. The Morgan fingerprint density at radius 1 is 1.26 bits per heavy atom. The van der Waals surface area contributed by atoms with Crippen LogP contribution in [0.15, 0.2) is 24.3 Å². The number of nitrogens with zero attached hydrogens (tertiary/aromatic N) is 1. The molecule has 0 saturated heterocycles. The van der Waals surface area contributed by atoms with Gasteiger partial charge in [0.1, 0.15) is 5.54 Å². The summed E-state index contributed by atoms with van der Waals surface area (Å²) in [5.41, 5.74) is 1.29. The van der Waals surface area contributed by atoms with E-state index in [1.54, 1.807) is 18.7 Å². The first-order valence-electron chi connectivity index (χ1n) is 6.27. The van der Waals surface area contributed by atoms with Gasteiger partial charge in [0.15, 0.2) is 0 Å². The molecule has 2 rings (SSSR count). The van der Waals surface area contributed by atoms with Crippen LogP contribution >= 0.6 is 0 Å². The van der Waals surface area contributed by atoms with Crippen molar-refractivity contribution < 1.29 is 14.7 Å². The van der Waals surface area contributed by atoms with Crippen molar-refractivity contribution in [1.82, 2.24) is 10.2 Å². The van der Waals surface area contributed by atoms with Crippen LogP contribution < -0.4 is 5.32 Å². The molecule has 1 aromatic rings. The zero-order valence-corrected chi connectivity index (χ0v) is 11.1. The van der Waals surface area contributed by atoms with Crippen LogP contribution in [0.5, 0.6) is 0 Å². The molecule has 1 aromatic carbocycles. The second kappa shape index (κ2) is 4.91. The SMILES string of the molecule is CC(C)(NC(=O)O)C(=O)N1CCc2ccccc2C1. The van der Waals surface area contributed by atoms with Crippen molar-refractivity contribution >= 4 is 12.0 Å². The lowest BCUT2D eigenvalue weighted by atomic mass is 9.97. The monoisotopic (exact) mass is 262 g/mol. The Hall–Kier alpha value is -2.04. The number of fused-ring (bicyclic) bond motifs is 1. The maximum atomic E-state index is 12.4. The predicted molar refractivity (Wildman–Crippen MR) is 70.8 cm³/mol. The number of hydrogen-bond donors (Lipinski definition) is 2. The lowest BCUT2D eigenvalue weighted by molar-refractivity contribution is -0.137. The van der Waals surface area contributed by atoms with Gasteiger partial charge < -0.3 is 15.3 Å². The Balaban J connectivity index is 2.12. The highest BCUT2D eigenvalue weighted by molar-refractivity contribution is 5.89. The number of carbonyl (C=O) groups is 2. The lowest BCUT2D eigenvalue weighted by Gasteiger charge is -2.35. The van der Waals surface area contributed by atoms with E-state index in [-0.39, 0.29) is 5.91 Å². The minimum Gasteiger partial charge on any atom is -0.465 e. The van der Waals surface area contributed by atoms with Crippen molar-refractivity contribution in [2.75, 3.05) is 6.54 Å². The normalized spacial score (nSPS) is 14.7. The van der Waals surface area contributed by atoms with E-state index in [2.05, 4.69) is 11.4 Å².